The molecule has 4 heteroatoms. The molecule has 0 amide bonds. The zero-order chi connectivity index (χ0) is 8.69. The maximum absolute atomic E-state index is 9.00. The van der Waals surface area contributed by atoms with Crippen molar-refractivity contribution in [2.24, 2.45) is 5.73 Å². The molecule has 1 rings (SSSR count). The fourth-order valence-electron chi connectivity index (χ4n) is 0.716. The SMILES string of the molecule is CC(=O)O.NC1CCOCC1. The van der Waals surface area contributed by atoms with Gasteiger partial charge in [-0.1, -0.05) is 0 Å². The van der Waals surface area contributed by atoms with E-state index in [0.29, 0.717) is 6.04 Å². The van der Waals surface area contributed by atoms with Crippen molar-refractivity contribution in [2.45, 2.75) is 25.8 Å². The molecule has 0 saturated carbocycles. The first-order valence-corrected chi connectivity index (χ1v) is 3.65. The van der Waals surface area contributed by atoms with Gasteiger partial charge in [0.2, 0.25) is 0 Å². The van der Waals surface area contributed by atoms with Crippen LogP contribution >= 0.6 is 0 Å². The molecule has 0 bridgehead atoms. The third-order valence-electron chi connectivity index (χ3n) is 1.27. The summed E-state index contributed by atoms with van der Waals surface area (Å²) in [6, 6.07) is 0.411. The summed E-state index contributed by atoms with van der Waals surface area (Å²) in [5.41, 5.74) is 5.55. The number of nitrogens with two attached hydrogens (primary N) is 1. The first kappa shape index (κ1) is 10.4. The van der Waals surface area contributed by atoms with E-state index in [4.69, 9.17) is 20.4 Å². The van der Waals surface area contributed by atoms with Crippen LogP contribution in [0.3, 0.4) is 0 Å². The molecule has 0 aromatic heterocycles. The average Bonchev–Trinajstić information content (AvgIpc) is 1.87. The lowest BCUT2D eigenvalue weighted by molar-refractivity contribution is -0.134. The largest absolute Gasteiger partial charge is 0.481 e. The highest BCUT2D eigenvalue weighted by molar-refractivity contribution is 5.62. The number of carboxylic acid groups (broad SMARTS) is 1. The molecule has 0 radical (unpaired) electrons. The zero-order valence-electron chi connectivity index (χ0n) is 6.75. The van der Waals surface area contributed by atoms with Gasteiger partial charge in [0.25, 0.3) is 5.97 Å². The van der Waals surface area contributed by atoms with E-state index in [0.717, 1.165) is 33.0 Å². The van der Waals surface area contributed by atoms with Crippen LogP contribution in [-0.4, -0.2) is 30.3 Å². The van der Waals surface area contributed by atoms with Crippen LogP contribution in [0.25, 0.3) is 0 Å². The molecular weight excluding hydrogens is 146 g/mol. The monoisotopic (exact) mass is 161 g/mol. The third kappa shape index (κ3) is 9.39. The second-order valence-corrected chi connectivity index (χ2v) is 2.47. The lowest BCUT2D eigenvalue weighted by atomic mass is 10.1. The summed E-state index contributed by atoms with van der Waals surface area (Å²) in [7, 11) is 0. The van der Waals surface area contributed by atoms with Crippen LogP contribution in [0.15, 0.2) is 0 Å². The van der Waals surface area contributed by atoms with Gasteiger partial charge in [-0.25, -0.2) is 0 Å². The number of carbonyl (C=O) groups is 1. The Labute approximate surface area is 66.3 Å². The third-order valence-corrected chi connectivity index (χ3v) is 1.27. The Morgan fingerprint density at radius 2 is 1.91 bits per heavy atom. The van der Waals surface area contributed by atoms with Crippen molar-refractivity contribution in [2.75, 3.05) is 13.2 Å². The minimum absolute atomic E-state index is 0.411. The van der Waals surface area contributed by atoms with Crippen molar-refractivity contribution in [3.05, 3.63) is 0 Å². The highest BCUT2D eigenvalue weighted by Gasteiger charge is 2.06. The Morgan fingerprint density at radius 1 is 1.55 bits per heavy atom. The minimum atomic E-state index is -0.833. The highest BCUT2D eigenvalue weighted by Crippen LogP contribution is 2.01. The molecule has 0 aliphatic carbocycles. The molecule has 1 heterocycles. The lowest BCUT2D eigenvalue weighted by Gasteiger charge is -2.16. The van der Waals surface area contributed by atoms with Crippen molar-refractivity contribution in [3.8, 4) is 0 Å². The Morgan fingerprint density at radius 3 is 2.09 bits per heavy atom. The first-order valence-electron chi connectivity index (χ1n) is 3.65. The van der Waals surface area contributed by atoms with E-state index in [9.17, 15) is 0 Å². The van der Waals surface area contributed by atoms with Gasteiger partial charge in [0.15, 0.2) is 0 Å². The van der Waals surface area contributed by atoms with Gasteiger partial charge in [0.1, 0.15) is 0 Å². The number of ether oxygens (including phenoxy) is 1. The van der Waals surface area contributed by atoms with Crippen molar-refractivity contribution in [3.63, 3.8) is 0 Å². The number of hydrogen-bond donors (Lipinski definition) is 2. The van der Waals surface area contributed by atoms with E-state index >= 15 is 0 Å². The van der Waals surface area contributed by atoms with Crippen molar-refractivity contribution in [1.29, 1.82) is 0 Å². The molecular formula is C7H15NO3. The predicted octanol–water partition coefficient (Wildman–Crippen LogP) is 0.215. The highest BCUT2D eigenvalue weighted by atomic mass is 16.5. The van der Waals surface area contributed by atoms with E-state index in [-0.39, 0.29) is 0 Å². The Bertz CT molecular complexity index is 106. The van der Waals surface area contributed by atoms with Crippen molar-refractivity contribution in [1.82, 2.24) is 0 Å². The summed E-state index contributed by atoms with van der Waals surface area (Å²) >= 11 is 0. The molecule has 11 heavy (non-hydrogen) atoms. The van der Waals surface area contributed by atoms with Gasteiger partial charge in [0, 0.05) is 26.2 Å². The smallest absolute Gasteiger partial charge is 0.300 e. The van der Waals surface area contributed by atoms with E-state index in [2.05, 4.69) is 0 Å². The number of rotatable bonds is 0. The molecule has 3 N–H and O–H groups in total. The van der Waals surface area contributed by atoms with Crippen LogP contribution in [0, 0.1) is 0 Å². The minimum Gasteiger partial charge on any atom is -0.481 e. The molecule has 0 aromatic carbocycles. The summed E-state index contributed by atoms with van der Waals surface area (Å²) in [5, 5.41) is 7.42. The average molecular weight is 161 g/mol. The van der Waals surface area contributed by atoms with Gasteiger partial charge >= 0.3 is 0 Å². The molecule has 0 unspecified atom stereocenters. The van der Waals surface area contributed by atoms with Crippen LogP contribution in [0.1, 0.15) is 19.8 Å². The molecule has 4 nitrogen and oxygen atoms in total. The van der Waals surface area contributed by atoms with Crippen LogP contribution in [0.4, 0.5) is 0 Å². The maximum Gasteiger partial charge on any atom is 0.300 e. The van der Waals surface area contributed by atoms with E-state index in [1.54, 1.807) is 0 Å². The van der Waals surface area contributed by atoms with Crippen molar-refractivity contribution >= 4 is 5.97 Å². The van der Waals surface area contributed by atoms with Crippen LogP contribution in [0.2, 0.25) is 0 Å². The van der Waals surface area contributed by atoms with Gasteiger partial charge in [-0.15, -0.1) is 0 Å². The van der Waals surface area contributed by atoms with Gasteiger partial charge in [-0.2, -0.15) is 0 Å². The van der Waals surface area contributed by atoms with E-state index in [1.807, 2.05) is 0 Å². The van der Waals surface area contributed by atoms with Crippen molar-refractivity contribution < 1.29 is 14.6 Å². The number of carboxylic acids is 1. The summed E-state index contributed by atoms with van der Waals surface area (Å²) in [6.45, 7) is 2.81. The fourth-order valence-corrected chi connectivity index (χ4v) is 0.716. The Balaban J connectivity index is 0.000000218. The Kier molecular flexibility index (Phi) is 5.78. The second kappa shape index (κ2) is 6.12. The molecule has 1 saturated heterocycles. The quantitative estimate of drug-likeness (QED) is 0.533. The normalized spacial score (nSPS) is 18.4. The zero-order valence-corrected chi connectivity index (χ0v) is 6.75. The predicted molar refractivity (Wildman–Crippen MR) is 41.3 cm³/mol. The summed E-state index contributed by atoms with van der Waals surface area (Å²) in [4.78, 5) is 9.00. The molecule has 0 spiro atoms. The second-order valence-electron chi connectivity index (χ2n) is 2.47. The number of hydrogen-bond acceptors (Lipinski definition) is 3. The lowest BCUT2D eigenvalue weighted by Crippen LogP contribution is -2.28. The summed E-state index contributed by atoms with van der Waals surface area (Å²) in [5.74, 6) is -0.833. The number of aliphatic carboxylic acids is 1. The van der Waals surface area contributed by atoms with E-state index < -0.39 is 5.97 Å². The summed E-state index contributed by atoms with van der Waals surface area (Å²) < 4.78 is 5.06. The van der Waals surface area contributed by atoms with Gasteiger partial charge in [0.05, 0.1) is 0 Å². The van der Waals surface area contributed by atoms with Gasteiger partial charge in [-0.3, -0.25) is 4.79 Å². The van der Waals surface area contributed by atoms with Crippen LogP contribution < -0.4 is 5.73 Å². The van der Waals surface area contributed by atoms with Crippen LogP contribution in [0.5, 0.6) is 0 Å². The standard InChI is InChI=1S/C5H11NO.C2H4O2/c6-5-1-3-7-4-2-5;1-2(3)4/h5H,1-4,6H2;1H3,(H,3,4). The first-order chi connectivity index (χ1) is 5.13. The topological polar surface area (TPSA) is 72.5 Å². The molecule has 0 atom stereocenters. The maximum atomic E-state index is 9.00. The fraction of sp³-hybridized carbons (Fsp3) is 0.857. The molecule has 66 valence electrons. The Hall–Kier alpha value is -0.610. The summed E-state index contributed by atoms with van der Waals surface area (Å²) in [6.07, 6.45) is 2.08. The molecule has 1 fully saturated rings. The molecule has 1 aliphatic rings. The molecule has 1 aliphatic heterocycles. The van der Waals surface area contributed by atoms with Crippen LogP contribution in [-0.2, 0) is 9.53 Å². The van der Waals surface area contributed by atoms with Gasteiger partial charge < -0.3 is 15.6 Å². The molecule has 0 aromatic rings. The van der Waals surface area contributed by atoms with Gasteiger partial charge in [-0.05, 0) is 12.8 Å². The van der Waals surface area contributed by atoms with E-state index in [1.165, 1.54) is 0 Å².